The van der Waals surface area contributed by atoms with Gasteiger partial charge in [0, 0.05) is 35.4 Å². The summed E-state index contributed by atoms with van der Waals surface area (Å²) >= 11 is 2.20. The van der Waals surface area contributed by atoms with E-state index in [1.165, 1.54) is 36.5 Å². The van der Waals surface area contributed by atoms with Crippen LogP contribution in [0, 0.1) is 10.1 Å². The highest BCUT2D eigenvalue weighted by Gasteiger charge is 2.30. The summed E-state index contributed by atoms with van der Waals surface area (Å²) < 4.78 is 5.16. The number of nitrogens with one attached hydrogen (secondary N) is 1. The van der Waals surface area contributed by atoms with Crippen LogP contribution < -0.4 is 5.32 Å². The standard InChI is InChI=1S/C19H19N3O6S2/c1-3-28-19(25)17-13-8-9-21(11(2)23)10-14(13)30-18(17)20-15(24)6-4-12-5-7-16(29-12)22(26)27/h4-7H,3,8-10H2,1-2H3,(H,20,24). The third-order valence-corrected chi connectivity index (χ3v) is 6.54. The number of hydrogen-bond acceptors (Lipinski definition) is 8. The summed E-state index contributed by atoms with van der Waals surface area (Å²) in [5, 5.41) is 13.8. The summed E-state index contributed by atoms with van der Waals surface area (Å²) in [6.45, 7) is 4.28. The quantitative estimate of drug-likeness (QED) is 0.312. The molecule has 0 saturated heterocycles. The number of hydrogen-bond donors (Lipinski definition) is 1. The van der Waals surface area contributed by atoms with Crippen LogP contribution in [0.4, 0.5) is 10.0 Å². The molecule has 1 aliphatic heterocycles. The van der Waals surface area contributed by atoms with Crippen LogP contribution in [-0.4, -0.2) is 40.8 Å². The molecular formula is C19H19N3O6S2. The Balaban J connectivity index is 1.82. The number of carbonyl (C=O) groups excluding carboxylic acids is 3. The Morgan fingerprint density at radius 3 is 2.73 bits per heavy atom. The highest BCUT2D eigenvalue weighted by Crippen LogP contribution is 2.37. The maximum atomic E-state index is 12.5. The van der Waals surface area contributed by atoms with E-state index in [1.54, 1.807) is 17.9 Å². The Morgan fingerprint density at radius 1 is 1.33 bits per heavy atom. The van der Waals surface area contributed by atoms with Crippen molar-refractivity contribution >= 4 is 56.5 Å². The molecule has 11 heteroatoms. The molecule has 0 radical (unpaired) electrons. The fraction of sp³-hybridized carbons (Fsp3) is 0.316. The first-order valence-corrected chi connectivity index (χ1v) is 10.7. The lowest BCUT2D eigenvalue weighted by Gasteiger charge is -2.25. The van der Waals surface area contributed by atoms with Crippen LogP contribution in [-0.2, 0) is 27.3 Å². The van der Waals surface area contributed by atoms with Gasteiger partial charge < -0.3 is 15.0 Å². The Morgan fingerprint density at radius 2 is 2.10 bits per heavy atom. The predicted molar refractivity (Wildman–Crippen MR) is 114 cm³/mol. The first-order valence-electron chi connectivity index (χ1n) is 9.10. The molecule has 2 amide bonds. The van der Waals surface area contributed by atoms with Crippen LogP contribution in [0.1, 0.15) is 39.5 Å². The number of fused-ring (bicyclic) bond motifs is 1. The van der Waals surface area contributed by atoms with E-state index in [-0.39, 0.29) is 17.5 Å². The summed E-state index contributed by atoms with van der Waals surface area (Å²) in [4.78, 5) is 50.0. The highest BCUT2D eigenvalue weighted by molar-refractivity contribution is 7.17. The van der Waals surface area contributed by atoms with E-state index in [4.69, 9.17) is 4.74 Å². The van der Waals surface area contributed by atoms with Gasteiger partial charge in [0.2, 0.25) is 11.8 Å². The van der Waals surface area contributed by atoms with Crippen LogP contribution in [0.25, 0.3) is 6.08 Å². The molecule has 0 bridgehead atoms. The number of carbonyl (C=O) groups is 3. The zero-order chi connectivity index (χ0) is 21.8. The van der Waals surface area contributed by atoms with Crippen molar-refractivity contribution in [2.45, 2.75) is 26.8 Å². The van der Waals surface area contributed by atoms with Gasteiger partial charge in [-0.25, -0.2) is 4.79 Å². The summed E-state index contributed by atoms with van der Waals surface area (Å²) in [7, 11) is 0. The van der Waals surface area contributed by atoms with Gasteiger partial charge in [-0.05, 0) is 31.1 Å². The SMILES string of the molecule is CCOC(=O)c1c(NC(=O)C=Cc2ccc([N+](=O)[O-])s2)sc2c1CCN(C(C)=O)C2. The number of thiophene rings is 2. The van der Waals surface area contributed by atoms with Crippen molar-refractivity contribution in [2.75, 3.05) is 18.5 Å². The predicted octanol–water partition coefficient (Wildman–Crippen LogP) is 3.45. The molecule has 2 aromatic heterocycles. The molecule has 1 aliphatic rings. The Hall–Kier alpha value is -3.05. The molecule has 1 N–H and O–H groups in total. The van der Waals surface area contributed by atoms with Gasteiger partial charge in [0.1, 0.15) is 5.00 Å². The van der Waals surface area contributed by atoms with Gasteiger partial charge in [-0.3, -0.25) is 19.7 Å². The molecule has 0 aliphatic carbocycles. The summed E-state index contributed by atoms with van der Waals surface area (Å²) in [5.74, 6) is -1.04. The highest BCUT2D eigenvalue weighted by atomic mass is 32.1. The van der Waals surface area contributed by atoms with Gasteiger partial charge in [0.25, 0.3) is 0 Å². The lowest BCUT2D eigenvalue weighted by molar-refractivity contribution is -0.380. The van der Waals surface area contributed by atoms with Crippen LogP contribution in [0.5, 0.6) is 0 Å². The maximum Gasteiger partial charge on any atom is 0.341 e. The molecule has 3 rings (SSSR count). The topological polar surface area (TPSA) is 119 Å². The van der Waals surface area contributed by atoms with E-state index < -0.39 is 16.8 Å². The zero-order valence-corrected chi connectivity index (χ0v) is 17.9. The third kappa shape index (κ3) is 4.74. The van der Waals surface area contributed by atoms with Crippen molar-refractivity contribution in [1.82, 2.24) is 4.90 Å². The van der Waals surface area contributed by atoms with Gasteiger partial charge in [-0.15, -0.1) is 11.3 Å². The molecule has 0 atom stereocenters. The van der Waals surface area contributed by atoms with Crippen molar-refractivity contribution in [3.05, 3.63) is 49.2 Å². The molecule has 0 unspecified atom stereocenters. The number of esters is 1. The smallest absolute Gasteiger partial charge is 0.341 e. The van der Waals surface area contributed by atoms with Crippen LogP contribution in [0.15, 0.2) is 18.2 Å². The number of rotatable bonds is 6. The van der Waals surface area contributed by atoms with E-state index in [1.807, 2.05) is 0 Å². The van der Waals surface area contributed by atoms with Gasteiger partial charge in [-0.1, -0.05) is 11.3 Å². The summed E-state index contributed by atoms with van der Waals surface area (Å²) in [5.41, 5.74) is 1.12. The first kappa shape index (κ1) is 21.7. The molecule has 3 heterocycles. The average molecular weight is 450 g/mol. The second kappa shape index (κ2) is 9.18. The van der Waals surface area contributed by atoms with E-state index >= 15 is 0 Å². The van der Waals surface area contributed by atoms with Gasteiger partial charge >= 0.3 is 11.0 Å². The molecule has 2 aromatic rings. The molecule has 158 valence electrons. The van der Waals surface area contributed by atoms with Crippen molar-refractivity contribution in [3.63, 3.8) is 0 Å². The van der Waals surface area contributed by atoms with Gasteiger partial charge in [0.05, 0.1) is 23.6 Å². The number of nitro groups is 1. The molecule has 0 fully saturated rings. The van der Waals surface area contributed by atoms with Crippen LogP contribution in [0.3, 0.4) is 0 Å². The summed E-state index contributed by atoms with van der Waals surface area (Å²) in [6.07, 6.45) is 3.23. The average Bonchev–Trinajstić information content (AvgIpc) is 3.30. The largest absolute Gasteiger partial charge is 0.462 e. The molecule has 9 nitrogen and oxygen atoms in total. The second-order valence-corrected chi connectivity index (χ2v) is 8.57. The van der Waals surface area contributed by atoms with Crippen molar-refractivity contribution in [3.8, 4) is 0 Å². The third-order valence-electron chi connectivity index (χ3n) is 4.41. The molecule has 0 saturated carbocycles. The lowest BCUT2D eigenvalue weighted by atomic mass is 10.0. The maximum absolute atomic E-state index is 12.5. The lowest BCUT2D eigenvalue weighted by Crippen LogP contribution is -2.34. The van der Waals surface area contributed by atoms with E-state index in [0.717, 1.165) is 21.8 Å². The van der Waals surface area contributed by atoms with Crippen LogP contribution >= 0.6 is 22.7 Å². The van der Waals surface area contributed by atoms with Crippen molar-refractivity contribution < 1.29 is 24.0 Å². The first-order chi connectivity index (χ1) is 14.3. The molecule has 0 aromatic carbocycles. The van der Waals surface area contributed by atoms with Gasteiger partial charge in [0.15, 0.2) is 0 Å². The zero-order valence-electron chi connectivity index (χ0n) is 16.3. The van der Waals surface area contributed by atoms with E-state index in [0.29, 0.717) is 35.0 Å². The van der Waals surface area contributed by atoms with E-state index in [2.05, 4.69) is 5.32 Å². The van der Waals surface area contributed by atoms with Crippen molar-refractivity contribution in [2.24, 2.45) is 0 Å². The fourth-order valence-electron chi connectivity index (χ4n) is 3.02. The Labute approximate surface area is 180 Å². The van der Waals surface area contributed by atoms with Gasteiger partial charge in [-0.2, -0.15) is 0 Å². The van der Waals surface area contributed by atoms with Crippen molar-refractivity contribution in [1.29, 1.82) is 0 Å². The number of ether oxygens (including phenoxy) is 1. The van der Waals surface area contributed by atoms with Crippen LogP contribution in [0.2, 0.25) is 0 Å². The molecular weight excluding hydrogens is 430 g/mol. The minimum absolute atomic E-state index is 0.0133. The fourth-order valence-corrected chi connectivity index (χ4v) is 5.00. The summed E-state index contributed by atoms with van der Waals surface area (Å²) in [6, 6.07) is 2.92. The Bertz CT molecular complexity index is 1040. The minimum atomic E-state index is -0.514. The Kier molecular flexibility index (Phi) is 6.63. The van der Waals surface area contributed by atoms with E-state index in [9.17, 15) is 24.5 Å². The monoisotopic (exact) mass is 449 g/mol. The number of amides is 2. The molecule has 0 spiro atoms. The minimum Gasteiger partial charge on any atom is -0.462 e. The number of nitrogens with zero attached hydrogens (tertiary/aromatic N) is 2. The number of anilines is 1. The molecule has 30 heavy (non-hydrogen) atoms. The second-order valence-electron chi connectivity index (χ2n) is 6.37. The normalized spacial score (nSPS) is 13.2.